The van der Waals surface area contributed by atoms with Gasteiger partial charge in [0, 0.05) is 30.7 Å². The number of nitrogens with zero attached hydrogens (tertiary/aromatic N) is 2. The largest absolute Gasteiger partial charge is 0.468 e. The molecule has 1 N–H and O–H groups in total. The summed E-state index contributed by atoms with van der Waals surface area (Å²) in [4.78, 5) is 20.7. The fourth-order valence-electron chi connectivity index (χ4n) is 3.58. The quantitative estimate of drug-likeness (QED) is 0.640. The number of aromatic nitrogens is 1. The first-order chi connectivity index (χ1) is 14.4. The molecule has 1 amide bonds. The van der Waals surface area contributed by atoms with Gasteiger partial charge in [0.2, 0.25) is 5.88 Å². The van der Waals surface area contributed by atoms with Gasteiger partial charge in [0.1, 0.15) is 0 Å². The molecule has 5 nitrogen and oxygen atoms in total. The molecule has 8 heteroatoms. The van der Waals surface area contributed by atoms with Crippen LogP contribution in [0.15, 0.2) is 41.5 Å². The minimum absolute atomic E-state index is 0.0369. The average molecular weight is 419 g/mol. The fraction of sp³-hybridized carbons (Fsp3) is 0.409. The minimum atomic E-state index is -4.45. The molecule has 0 atom stereocenters. The zero-order valence-electron chi connectivity index (χ0n) is 16.7. The molecular formula is C22H24F3N3O2. The Labute approximate surface area is 173 Å². The molecule has 30 heavy (non-hydrogen) atoms. The molecule has 0 bridgehead atoms. The number of hydrogen-bond acceptors (Lipinski definition) is 4. The Balaban J connectivity index is 1.80. The second kappa shape index (κ2) is 9.73. The Morgan fingerprint density at radius 2 is 1.93 bits per heavy atom. The number of rotatable bonds is 6. The third-order valence-electron chi connectivity index (χ3n) is 5.01. The van der Waals surface area contributed by atoms with Gasteiger partial charge in [0.25, 0.3) is 5.91 Å². The van der Waals surface area contributed by atoms with Gasteiger partial charge in [0.05, 0.1) is 5.56 Å². The number of carbonyl (C=O) groups excluding carboxylic acids is 1. The van der Waals surface area contributed by atoms with Crippen molar-refractivity contribution in [2.24, 2.45) is 4.99 Å². The molecule has 1 aliphatic rings. The fourth-order valence-corrected chi connectivity index (χ4v) is 3.58. The van der Waals surface area contributed by atoms with Gasteiger partial charge >= 0.3 is 6.18 Å². The monoisotopic (exact) mass is 419 g/mol. The van der Waals surface area contributed by atoms with Gasteiger partial charge in [-0.25, -0.2) is 4.98 Å². The summed E-state index contributed by atoms with van der Waals surface area (Å²) in [5.41, 5.74) is 2.36. The number of carbonyl (C=O) groups is 1. The molecule has 0 unspecified atom stereocenters. The van der Waals surface area contributed by atoms with Gasteiger partial charge < -0.3 is 10.1 Å². The van der Waals surface area contributed by atoms with E-state index in [1.165, 1.54) is 6.20 Å². The number of hydrogen-bond donors (Lipinski definition) is 1. The van der Waals surface area contributed by atoms with Crippen molar-refractivity contribution in [3.05, 3.63) is 53.2 Å². The van der Waals surface area contributed by atoms with Crippen molar-refractivity contribution in [3.63, 3.8) is 0 Å². The lowest BCUT2D eigenvalue weighted by molar-refractivity contribution is -0.154. The molecule has 160 valence electrons. The zero-order valence-corrected chi connectivity index (χ0v) is 16.7. The zero-order chi connectivity index (χ0) is 21.6. The molecule has 0 aliphatic heterocycles. The minimum Gasteiger partial charge on any atom is -0.468 e. The summed E-state index contributed by atoms with van der Waals surface area (Å²) in [7, 11) is 1.68. The van der Waals surface area contributed by atoms with E-state index < -0.39 is 12.8 Å². The summed E-state index contributed by atoms with van der Waals surface area (Å²) in [6.07, 6.45) is 3.28. The molecule has 1 aromatic carbocycles. The van der Waals surface area contributed by atoms with Crippen molar-refractivity contribution in [1.29, 1.82) is 0 Å². The van der Waals surface area contributed by atoms with Crippen LogP contribution in [0, 0.1) is 0 Å². The van der Waals surface area contributed by atoms with E-state index in [-0.39, 0.29) is 23.3 Å². The first kappa shape index (κ1) is 21.8. The second-order valence-corrected chi connectivity index (χ2v) is 7.32. The molecule has 3 rings (SSSR count). The first-order valence-electron chi connectivity index (χ1n) is 9.89. The molecular weight excluding hydrogens is 395 g/mol. The Morgan fingerprint density at radius 1 is 1.23 bits per heavy atom. The van der Waals surface area contributed by atoms with Crippen LogP contribution in [0.1, 0.15) is 59.5 Å². The Bertz CT molecular complexity index is 889. The standard InChI is InChI=1S/C22H24F3N3O2/c1-26-12-15-7-9-18(10-8-15)28-20(29)17-11-19(16-5-3-2-4-6-16)21(27-13-17)30-14-22(23,24)25/h7-13,16H,2-6,14H2,1H3,(H,28,29). The van der Waals surface area contributed by atoms with Crippen LogP contribution in [0.25, 0.3) is 0 Å². The number of pyridine rings is 1. The van der Waals surface area contributed by atoms with Crippen LogP contribution >= 0.6 is 0 Å². The van der Waals surface area contributed by atoms with Gasteiger partial charge in [-0.3, -0.25) is 9.79 Å². The molecule has 0 radical (unpaired) electrons. The average Bonchev–Trinajstić information content (AvgIpc) is 2.74. The lowest BCUT2D eigenvalue weighted by Gasteiger charge is -2.24. The summed E-state index contributed by atoms with van der Waals surface area (Å²) in [6, 6.07) is 8.77. The molecule has 1 heterocycles. The highest BCUT2D eigenvalue weighted by Gasteiger charge is 2.30. The summed E-state index contributed by atoms with van der Waals surface area (Å²) in [5, 5.41) is 2.79. The van der Waals surface area contributed by atoms with E-state index >= 15 is 0 Å². The number of halogens is 3. The molecule has 0 saturated heterocycles. The van der Waals surface area contributed by atoms with Crippen molar-refractivity contribution >= 4 is 17.8 Å². The van der Waals surface area contributed by atoms with Gasteiger partial charge in [0.15, 0.2) is 6.61 Å². The van der Waals surface area contributed by atoms with E-state index in [2.05, 4.69) is 15.3 Å². The van der Waals surface area contributed by atoms with Crippen LogP contribution in [0.4, 0.5) is 18.9 Å². The smallest absolute Gasteiger partial charge is 0.422 e. The SMILES string of the molecule is CN=Cc1ccc(NC(=O)c2cnc(OCC(F)(F)F)c(C3CCCCC3)c2)cc1. The van der Waals surface area contributed by atoms with E-state index in [1.54, 1.807) is 31.5 Å². The van der Waals surface area contributed by atoms with Gasteiger partial charge in [-0.1, -0.05) is 31.4 Å². The van der Waals surface area contributed by atoms with Crippen LogP contribution in [-0.4, -0.2) is 36.9 Å². The van der Waals surface area contributed by atoms with Crippen molar-refractivity contribution in [2.75, 3.05) is 19.0 Å². The number of nitrogens with one attached hydrogen (secondary N) is 1. The highest BCUT2D eigenvalue weighted by Crippen LogP contribution is 2.37. The predicted molar refractivity (Wildman–Crippen MR) is 110 cm³/mol. The van der Waals surface area contributed by atoms with Crippen LogP contribution in [-0.2, 0) is 0 Å². The van der Waals surface area contributed by atoms with Crippen molar-refractivity contribution in [1.82, 2.24) is 4.98 Å². The highest BCUT2D eigenvalue weighted by atomic mass is 19.4. The molecule has 1 aromatic heterocycles. The number of amides is 1. The molecule has 1 aliphatic carbocycles. The number of anilines is 1. The lowest BCUT2D eigenvalue weighted by atomic mass is 9.84. The number of aliphatic imine (C=N–C) groups is 1. The second-order valence-electron chi connectivity index (χ2n) is 7.32. The summed E-state index contributed by atoms with van der Waals surface area (Å²) < 4.78 is 42.8. The normalized spacial score (nSPS) is 15.3. The van der Waals surface area contributed by atoms with Gasteiger partial charge in [-0.15, -0.1) is 0 Å². The summed E-state index contributed by atoms with van der Waals surface area (Å²) in [5.74, 6) is -0.382. The number of benzene rings is 1. The maximum Gasteiger partial charge on any atom is 0.422 e. The maximum atomic E-state index is 12.7. The van der Waals surface area contributed by atoms with Crippen LogP contribution in [0.3, 0.4) is 0 Å². The van der Waals surface area contributed by atoms with Crippen molar-refractivity contribution in [2.45, 2.75) is 44.2 Å². The van der Waals surface area contributed by atoms with Crippen LogP contribution < -0.4 is 10.1 Å². The third-order valence-corrected chi connectivity index (χ3v) is 5.01. The Hall–Kier alpha value is -2.90. The van der Waals surface area contributed by atoms with E-state index in [0.29, 0.717) is 11.3 Å². The Kier molecular flexibility index (Phi) is 7.07. The predicted octanol–water partition coefficient (Wildman–Crippen LogP) is 5.37. The topological polar surface area (TPSA) is 63.6 Å². The van der Waals surface area contributed by atoms with E-state index in [9.17, 15) is 18.0 Å². The summed E-state index contributed by atoms with van der Waals surface area (Å²) >= 11 is 0. The lowest BCUT2D eigenvalue weighted by Crippen LogP contribution is -2.21. The Morgan fingerprint density at radius 3 is 2.57 bits per heavy atom. The number of alkyl halides is 3. The third kappa shape index (κ3) is 6.05. The molecule has 1 fully saturated rings. The first-order valence-corrected chi connectivity index (χ1v) is 9.89. The molecule has 1 saturated carbocycles. The highest BCUT2D eigenvalue weighted by molar-refractivity contribution is 6.04. The van der Waals surface area contributed by atoms with E-state index in [0.717, 1.165) is 37.7 Å². The van der Waals surface area contributed by atoms with E-state index in [4.69, 9.17) is 4.74 Å². The molecule has 0 spiro atoms. The van der Waals surface area contributed by atoms with Crippen LogP contribution in [0.2, 0.25) is 0 Å². The van der Waals surface area contributed by atoms with Crippen LogP contribution in [0.5, 0.6) is 5.88 Å². The van der Waals surface area contributed by atoms with Crippen molar-refractivity contribution in [3.8, 4) is 5.88 Å². The van der Waals surface area contributed by atoms with Gasteiger partial charge in [-0.05, 0) is 42.5 Å². The van der Waals surface area contributed by atoms with E-state index in [1.807, 2.05) is 12.1 Å². The maximum absolute atomic E-state index is 12.7. The molecule has 2 aromatic rings. The van der Waals surface area contributed by atoms with Gasteiger partial charge in [-0.2, -0.15) is 13.2 Å². The van der Waals surface area contributed by atoms with Crippen molar-refractivity contribution < 1.29 is 22.7 Å². The number of ether oxygens (including phenoxy) is 1. The summed E-state index contributed by atoms with van der Waals surface area (Å²) in [6.45, 7) is -1.40.